The molecule has 1 saturated carbocycles. The molecule has 1 aliphatic carbocycles. The molecule has 0 unspecified atom stereocenters. The minimum absolute atomic E-state index is 0.0178. The zero-order valence-corrected chi connectivity index (χ0v) is 18.4. The van der Waals surface area contributed by atoms with Crippen LogP contribution in [-0.2, 0) is 14.8 Å². The van der Waals surface area contributed by atoms with E-state index in [9.17, 15) is 13.2 Å². The molecule has 2 aliphatic rings. The van der Waals surface area contributed by atoms with Crippen molar-refractivity contribution in [2.24, 2.45) is 5.92 Å². The summed E-state index contributed by atoms with van der Waals surface area (Å²) in [4.78, 5) is 14.3. The van der Waals surface area contributed by atoms with Crippen LogP contribution < -0.4 is 5.32 Å². The topological polar surface area (TPSA) is 69.7 Å². The van der Waals surface area contributed by atoms with Crippen LogP contribution in [0.3, 0.4) is 0 Å². The first kappa shape index (κ1) is 21.8. The Morgan fingerprint density at radius 1 is 1.11 bits per heavy atom. The van der Waals surface area contributed by atoms with E-state index in [1.807, 2.05) is 4.90 Å². The maximum Gasteiger partial charge on any atom is 0.246 e. The first-order valence-electron chi connectivity index (χ1n) is 9.75. The van der Waals surface area contributed by atoms with Gasteiger partial charge in [-0.25, -0.2) is 8.42 Å². The van der Waals surface area contributed by atoms with E-state index in [4.69, 9.17) is 23.2 Å². The van der Waals surface area contributed by atoms with Gasteiger partial charge in [-0.05, 0) is 30.9 Å². The summed E-state index contributed by atoms with van der Waals surface area (Å²) in [5.41, 5.74) is 0. The summed E-state index contributed by atoms with van der Waals surface area (Å²) in [5, 5.41) is 3.39. The minimum Gasteiger partial charge on any atom is -0.352 e. The van der Waals surface area contributed by atoms with Gasteiger partial charge >= 0.3 is 0 Å². The Bertz CT molecular complexity index is 790. The molecule has 1 aromatic rings. The molecular formula is C19H27Cl2N3O3S. The number of rotatable bonds is 5. The number of hydrogen-bond donors (Lipinski definition) is 1. The molecule has 1 N–H and O–H groups in total. The normalized spacial score (nSPS) is 24.8. The highest BCUT2D eigenvalue weighted by atomic mass is 35.5. The first-order chi connectivity index (χ1) is 13.3. The van der Waals surface area contributed by atoms with Crippen molar-refractivity contribution in [2.45, 2.75) is 43.5 Å². The van der Waals surface area contributed by atoms with E-state index >= 15 is 0 Å². The van der Waals surface area contributed by atoms with E-state index in [0.29, 0.717) is 38.6 Å². The Morgan fingerprint density at radius 2 is 1.71 bits per heavy atom. The molecular weight excluding hydrogens is 421 g/mol. The lowest BCUT2D eigenvalue weighted by Crippen LogP contribution is -2.52. The summed E-state index contributed by atoms with van der Waals surface area (Å²) in [6.45, 7) is 4.08. The van der Waals surface area contributed by atoms with Crippen LogP contribution in [0.15, 0.2) is 23.1 Å². The predicted octanol–water partition coefficient (Wildman–Crippen LogP) is 2.99. The van der Waals surface area contributed by atoms with Crippen LogP contribution in [0.25, 0.3) is 0 Å². The summed E-state index contributed by atoms with van der Waals surface area (Å²) in [5.74, 6) is 0.532. The second kappa shape index (κ2) is 9.30. The Hall–Kier alpha value is -0.860. The van der Waals surface area contributed by atoms with E-state index in [1.165, 1.54) is 22.9 Å². The van der Waals surface area contributed by atoms with Crippen LogP contribution >= 0.6 is 23.2 Å². The maximum absolute atomic E-state index is 12.9. The molecule has 1 aromatic carbocycles. The summed E-state index contributed by atoms with van der Waals surface area (Å²) < 4.78 is 27.2. The van der Waals surface area contributed by atoms with Gasteiger partial charge in [-0.15, -0.1) is 0 Å². The molecule has 0 bridgehead atoms. The molecule has 28 heavy (non-hydrogen) atoms. The zero-order chi connectivity index (χ0) is 20.3. The Balaban J connectivity index is 1.55. The fourth-order valence-electron chi connectivity index (χ4n) is 3.97. The van der Waals surface area contributed by atoms with Crippen LogP contribution in [0.5, 0.6) is 0 Å². The third-order valence-electron chi connectivity index (χ3n) is 5.67. The van der Waals surface area contributed by atoms with E-state index in [0.717, 1.165) is 19.3 Å². The van der Waals surface area contributed by atoms with Gasteiger partial charge < -0.3 is 5.32 Å². The third-order valence-corrected chi connectivity index (χ3v) is 8.53. The number of hydrogen-bond acceptors (Lipinski definition) is 4. The van der Waals surface area contributed by atoms with Crippen molar-refractivity contribution >= 4 is 39.1 Å². The number of carbonyl (C=O) groups is 1. The van der Waals surface area contributed by atoms with Gasteiger partial charge in [0, 0.05) is 32.2 Å². The molecule has 0 radical (unpaired) electrons. The van der Waals surface area contributed by atoms with Gasteiger partial charge in [0.25, 0.3) is 0 Å². The summed E-state index contributed by atoms with van der Waals surface area (Å²) in [6.07, 6.45) is 4.60. The smallest absolute Gasteiger partial charge is 0.246 e. The van der Waals surface area contributed by atoms with Gasteiger partial charge in [-0.3, -0.25) is 9.69 Å². The van der Waals surface area contributed by atoms with Crippen LogP contribution in [0.2, 0.25) is 10.0 Å². The van der Waals surface area contributed by atoms with Gasteiger partial charge in [0.05, 0.1) is 16.6 Å². The fraction of sp³-hybridized carbons (Fsp3) is 0.632. The van der Waals surface area contributed by atoms with Crippen molar-refractivity contribution in [1.29, 1.82) is 0 Å². The average molecular weight is 448 g/mol. The van der Waals surface area contributed by atoms with Crippen molar-refractivity contribution < 1.29 is 13.2 Å². The summed E-state index contributed by atoms with van der Waals surface area (Å²) in [7, 11) is -3.76. The largest absolute Gasteiger partial charge is 0.352 e. The molecule has 1 aliphatic heterocycles. The minimum atomic E-state index is -3.76. The lowest BCUT2D eigenvalue weighted by molar-refractivity contribution is -0.123. The summed E-state index contributed by atoms with van der Waals surface area (Å²) >= 11 is 12.2. The number of nitrogens with zero attached hydrogens (tertiary/aromatic N) is 2. The molecule has 1 heterocycles. The lowest BCUT2D eigenvalue weighted by atomic mass is 9.86. The average Bonchev–Trinajstić information content (AvgIpc) is 2.64. The monoisotopic (exact) mass is 447 g/mol. The molecule has 3 rings (SSSR count). The van der Waals surface area contributed by atoms with E-state index in [-0.39, 0.29) is 26.9 Å². The highest BCUT2D eigenvalue weighted by molar-refractivity contribution is 7.89. The second-order valence-corrected chi connectivity index (χ2v) is 10.4. The Kier molecular flexibility index (Phi) is 7.26. The van der Waals surface area contributed by atoms with Crippen LogP contribution in [-0.4, -0.2) is 62.3 Å². The standard InChI is InChI=1S/C19H27Cl2N3O3S/c1-14-5-2-3-8-17(14)22-18(25)13-23-9-11-24(12-10-23)28(26,27)19-15(20)6-4-7-16(19)21/h4,6-7,14,17H,2-3,5,8-13H2,1H3,(H,22,25)/t14-,17-/m0/s1. The van der Waals surface area contributed by atoms with Gasteiger partial charge in [-0.2, -0.15) is 4.31 Å². The highest BCUT2D eigenvalue weighted by Crippen LogP contribution is 2.31. The van der Waals surface area contributed by atoms with E-state index < -0.39 is 10.0 Å². The zero-order valence-electron chi connectivity index (χ0n) is 16.0. The quantitative estimate of drug-likeness (QED) is 0.752. The molecule has 0 aromatic heterocycles. The molecule has 6 nitrogen and oxygen atoms in total. The molecule has 1 amide bonds. The number of halogens is 2. The number of sulfonamides is 1. The van der Waals surface area contributed by atoms with Gasteiger partial charge in [0.2, 0.25) is 15.9 Å². The van der Waals surface area contributed by atoms with Crippen LogP contribution in [0, 0.1) is 5.92 Å². The first-order valence-corrected chi connectivity index (χ1v) is 11.9. The van der Waals surface area contributed by atoms with Crippen LogP contribution in [0.4, 0.5) is 0 Å². The van der Waals surface area contributed by atoms with Crippen molar-refractivity contribution in [1.82, 2.24) is 14.5 Å². The molecule has 0 spiro atoms. The third kappa shape index (κ3) is 5.00. The van der Waals surface area contributed by atoms with Gasteiger partial charge in [-0.1, -0.05) is 49.0 Å². The molecule has 9 heteroatoms. The van der Waals surface area contributed by atoms with Gasteiger partial charge in [0.15, 0.2) is 0 Å². The number of amides is 1. The van der Waals surface area contributed by atoms with Crippen molar-refractivity contribution in [2.75, 3.05) is 32.7 Å². The number of nitrogens with one attached hydrogen (secondary N) is 1. The SMILES string of the molecule is C[C@H]1CCCC[C@@H]1NC(=O)CN1CCN(S(=O)(=O)c2c(Cl)cccc2Cl)CC1. The molecule has 2 fully saturated rings. The van der Waals surface area contributed by atoms with Crippen molar-refractivity contribution in [3.8, 4) is 0 Å². The Labute approximate surface area is 177 Å². The van der Waals surface area contributed by atoms with Crippen molar-refractivity contribution in [3.05, 3.63) is 28.2 Å². The predicted molar refractivity (Wildman–Crippen MR) is 111 cm³/mol. The maximum atomic E-state index is 12.9. The van der Waals surface area contributed by atoms with E-state index in [1.54, 1.807) is 6.07 Å². The Morgan fingerprint density at radius 3 is 2.32 bits per heavy atom. The van der Waals surface area contributed by atoms with Gasteiger partial charge in [0.1, 0.15) is 4.90 Å². The second-order valence-electron chi connectivity index (χ2n) is 7.67. The number of piperazine rings is 1. The fourth-order valence-corrected chi connectivity index (χ4v) is 6.49. The summed E-state index contributed by atoms with van der Waals surface area (Å²) in [6, 6.07) is 4.92. The number of carbonyl (C=O) groups excluding carboxylic acids is 1. The van der Waals surface area contributed by atoms with E-state index in [2.05, 4.69) is 12.2 Å². The molecule has 2 atom stereocenters. The highest BCUT2D eigenvalue weighted by Gasteiger charge is 2.32. The van der Waals surface area contributed by atoms with Crippen molar-refractivity contribution in [3.63, 3.8) is 0 Å². The molecule has 1 saturated heterocycles. The molecule has 156 valence electrons. The lowest BCUT2D eigenvalue weighted by Gasteiger charge is -2.35. The number of benzene rings is 1. The van der Waals surface area contributed by atoms with Crippen LogP contribution in [0.1, 0.15) is 32.6 Å².